The number of hydrogen-bond acceptors (Lipinski definition) is 3. The van der Waals surface area contributed by atoms with Gasteiger partial charge in [-0.05, 0) is 18.6 Å². The summed E-state index contributed by atoms with van der Waals surface area (Å²) in [6.07, 6.45) is 0. The molecule has 0 saturated heterocycles. The highest BCUT2D eigenvalue weighted by Gasteiger charge is 2.17. The zero-order valence-electron chi connectivity index (χ0n) is 9.62. The molecule has 4 nitrogen and oxygen atoms in total. The molecule has 0 unspecified atom stereocenters. The van der Waals surface area contributed by atoms with Crippen LogP contribution in [0.1, 0.15) is 15.2 Å². The number of carbonyl (C=O) groups excluding carboxylic acids is 2. The summed E-state index contributed by atoms with van der Waals surface area (Å²) in [5, 5.41) is 3.69. The van der Waals surface area contributed by atoms with Crippen molar-refractivity contribution in [3.63, 3.8) is 0 Å². The molecule has 2 aromatic rings. The third-order valence-electron chi connectivity index (χ3n) is 2.41. The van der Waals surface area contributed by atoms with E-state index >= 15 is 0 Å². The van der Waals surface area contributed by atoms with Crippen LogP contribution in [0.4, 0.5) is 0 Å². The fraction of sp³-hybridized carbons (Fsp3) is 0.167. The summed E-state index contributed by atoms with van der Waals surface area (Å²) in [4.78, 5) is 22.8. The number of carbonyl (C=O) groups is 2. The first-order chi connectivity index (χ1) is 8.49. The van der Waals surface area contributed by atoms with Gasteiger partial charge in [-0.1, -0.05) is 23.7 Å². The van der Waals surface area contributed by atoms with E-state index in [9.17, 15) is 9.59 Å². The standard InChI is InChI=1S/C12H11ClN2O2S/c1-6-2-3-7-8(4-6)18-11(10(7)13)12(17)15-5-9(14)16/h2-4H,5H2,1H3,(H2,14,16)(H,15,17). The maximum atomic E-state index is 11.8. The molecule has 6 heteroatoms. The first-order valence-corrected chi connectivity index (χ1v) is 6.43. The Kier molecular flexibility index (Phi) is 3.54. The lowest BCUT2D eigenvalue weighted by Gasteiger charge is -1.99. The van der Waals surface area contributed by atoms with Gasteiger partial charge in [-0.2, -0.15) is 0 Å². The molecule has 0 radical (unpaired) electrons. The van der Waals surface area contributed by atoms with Crippen molar-refractivity contribution in [1.82, 2.24) is 5.32 Å². The molecular weight excluding hydrogens is 272 g/mol. The highest BCUT2D eigenvalue weighted by Crippen LogP contribution is 2.35. The molecule has 1 aromatic heterocycles. The van der Waals surface area contributed by atoms with Crippen LogP contribution in [0, 0.1) is 6.92 Å². The van der Waals surface area contributed by atoms with Gasteiger partial charge in [0.2, 0.25) is 5.91 Å². The molecule has 1 heterocycles. The molecule has 0 aliphatic carbocycles. The Hall–Kier alpha value is -1.59. The Morgan fingerprint density at radius 3 is 2.83 bits per heavy atom. The Bertz CT molecular complexity index is 636. The predicted molar refractivity (Wildman–Crippen MR) is 73.1 cm³/mol. The SMILES string of the molecule is Cc1ccc2c(Cl)c(C(=O)NCC(N)=O)sc2c1. The number of thiophene rings is 1. The number of hydrogen-bond donors (Lipinski definition) is 2. The van der Waals surface area contributed by atoms with Crippen LogP contribution < -0.4 is 11.1 Å². The summed E-state index contributed by atoms with van der Waals surface area (Å²) in [5.41, 5.74) is 6.07. The van der Waals surface area contributed by atoms with Crippen molar-refractivity contribution in [3.8, 4) is 0 Å². The molecule has 0 aliphatic heterocycles. The summed E-state index contributed by atoms with van der Waals surface area (Å²) < 4.78 is 0.948. The van der Waals surface area contributed by atoms with E-state index in [1.807, 2.05) is 25.1 Å². The molecule has 94 valence electrons. The van der Waals surface area contributed by atoms with Gasteiger partial charge in [-0.25, -0.2) is 0 Å². The first-order valence-electron chi connectivity index (χ1n) is 5.24. The topological polar surface area (TPSA) is 72.2 Å². The Labute approximate surface area is 113 Å². The van der Waals surface area contributed by atoms with E-state index in [-0.39, 0.29) is 12.5 Å². The molecule has 0 fully saturated rings. The summed E-state index contributed by atoms with van der Waals surface area (Å²) in [6.45, 7) is 1.78. The third kappa shape index (κ3) is 2.47. The number of primary amides is 1. The van der Waals surface area contributed by atoms with Crippen LogP contribution in [0.5, 0.6) is 0 Å². The largest absolute Gasteiger partial charge is 0.368 e. The van der Waals surface area contributed by atoms with E-state index in [4.69, 9.17) is 17.3 Å². The van der Waals surface area contributed by atoms with Crippen molar-refractivity contribution in [2.75, 3.05) is 6.54 Å². The number of aryl methyl sites for hydroxylation is 1. The van der Waals surface area contributed by atoms with Crippen molar-refractivity contribution < 1.29 is 9.59 Å². The zero-order valence-corrected chi connectivity index (χ0v) is 11.2. The van der Waals surface area contributed by atoms with E-state index in [1.54, 1.807) is 0 Å². The average molecular weight is 283 g/mol. The van der Waals surface area contributed by atoms with Crippen LogP contribution in [-0.2, 0) is 4.79 Å². The lowest BCUT2D eigenvalue weighted by atomic mass is 10.2. The molecule has 2 rings (SSSR count). The van der Waals surface area contributed by atoms with Crippen molar-refractivity contribution >= 4 is 44.8 Å². The Morgan fingerprint density at radius 2 is 2.17 bits per heavy atom. The van der Waals surface area contributed by atoms with Gasteiger partial charge >= 0.3 is 0 Å². The van der Waals surface area contributed by atoms with E-state index in [1.165, 1.54) is 11.3 Å². The Balaban J connectivity index is 2.36. The quantitative estimate of drug-likeness (QED) is 0.905. The van der Waals surface area contributed by atoms with Gasteiger partial charge in [0.15, 0.2) is 0 Å². The van der Waals surface area contributed by atoms with Crippen molar-refractivity contribution in [2.45, 2.75) is 6.92 Å². The highest BCUT2D eigenvalue weighted by molar-refractivity contribution is 7.21. The van der Waals surface area contributed by atoms with Gasteiger partial charge in [0.05, 0.1) is 11.6 Å². The summed E-state index contributed by atoms with van der Waals surface area (Å²) >= 11 is 7.45. The predicted octanol–water partition coefficient (Wildman–Crippen LogP) is 2.08. The van der Waals surface area contributed by atoms with E-state index in [0.717, 1.165) is 15.6 Å². The monoisotopic (exact) mass is 282 g/mol. The molecule has 0 atom stereocenters. The maximum Gasteiger partial charge on any atom is 0.263 e. The van der Waals surface area contributed by atoms with Crippen molar-refractivity contribution in [3.05, 3.63) is 33.7 Å². The van der Waals surface area contributed by atoms with Gasteiger partial charge in [-0.3, -0.25) is 9.59 Å². The average Bonchev–Trinajstić information content (AvgIpc) is 2.63. The smallest absolute Gasteiger partial charge is 0.263 e. The molecule has 0 aliphatic rings. The lowest BCUT2D eigenvalue weighted by Crippen LogP contribution is -2.32. The molecule has 0 bridgehead atoms. The molecule has 1 aromatic carbocycles. The molecule has 0 spiro atoms. The number of benzene rings is 1. The van der Waals surface area contributed by atoms with Crippen LogP contribution in [0.25, 0.3) is 10.1 Å². The van der Waals surface area contributed by atoms with E-state index in [2.05, 4.69) is 5.32 Å². The number of halogens is 1. The van der Waals surface area contributed by atoms with E-state index in [0.29, 0.717) is 9.90 Å². The minimum absolute atomic E-state index is 0.192. The van der Waals surface area contributed by atoms with Crippen LogP contribution in [0.15, 0.2) is 18.2 Å². The summed E-state index contributed by atoms with van der Waals surface area (Å²) in [6, 6.07) is 5.79. The molecular formula is C12H11ClN2O2S. The number of nitrogens with two attached hydrogens (primary N) is 1. The second-order valence-corrected chi connectivity index (χ2v) is 5.32. The number of rotatable bonds is 3. The fourth-order valence-electron chi connectivity index (χ4n) is 1.57. The fourth-order valence-corrected chi connectivity index (χ4v) is 3.10. The molecule has 3 N–H and O–H groups in total. The van der Waals surface area contributed by atoms with Gasteiger partial charge < -0.3 is 11.1 Å². The van der Waals surface area contributed by atoms with Gasteiger partial charge in [0.25, 0.3) is 5.91 Å². The number of nitrogens with one attached hydrogen (secondary N) is 1. The third-order valence-corrected chi connectivity index (χ3v) is 4.07. The molecule has 0 saturated carbocycles. The Morgan fingerprint density at radius 1 is 1.44 bits per heavy atom. The van der Waals surface area contributed by atoms with Gasteiger partial charge in [0.1, 0.15) is 4.88 Å². The van der Waals surface area contributed by atoms with E-state index < -0.39 is 5.91 Å². The zero-order chi connectivity index (χ0) is 13.3. The molecule has 18 heavy (non-hydrogen) atoms. The minimum Gasteiger partial charge on any atom is -0.368 e. The van der Waals surface area contributed by atoms with Crippen molar-refractivity contribution in [2.24, 2.45) is 5.73 Å². The summed E-state index contributed by atoms with van der Waals surface area (Å²) in [5.74, 6) is -0.964. The van der Waals surface area contributed by atoms with Gasteiger partial charge in [0, 0.05) is 10.1 Å². The van der Waals surface area contributed by atoms with Crippen LogP contribution in [-0.4, -0.2) is 18.4 Å². The second-order valence-electron chi connectivity index (χ2n) is 3.89. The van der Waals surface area contributed by atoms with Crippen LogP contribution in [0.2, 0.25) is 5.02 Å². The second kappa shape index (κ2) is 4.96. The molecule has 2 amide bonds. The van der Waals surface area contributed by atoms with Crippen molar-refractivity contribution in [1.29, 1.82) is 0 Å². The highest BCUT2D eigenvalue weighted by atomic mass is 35.5. The van der Waals surface area contributed by atoms with Gasteiger partial charge in [-0.15, -0.1) is 11.3 Å². The van der Waals surface area contributed by atoms with Crippen LogP contribution >= 0.6 is 22.9 Å². The maximum absolute atomic E-state index is 11.8. The van der Waals surface area contributed by atoms with Crippen LogP contribution in [0.3, 0.4) is 0 Å². The first kappa shape index (κ1) is 12.9. The minimum atomic E-state index is -0.587. The summed E-state index contributed by atoms with van der Waals surface area (Å²) in [7, 11) is 0. The lowest BCUT2D eigenvalue weighted by molar-refractivity contribution is -0.117. The number of fused-ring (bicyclic) bond motifs is 1. The number of amides is 2. The normalized spacial score (nSPS) is 10.6.